The van der Waals surface area contributed by atoms with Gasteiger partial charge in [-0.2, -0.15) is 10.2 Å². The van der Waals surface area contributed by atoms with E-state index in [0.717, 1.165) is 5.56 Å². The Morgan fingerprint density at radius 2 is 1.80 bits per heavy atom. The Morgan fingerprint density at radius 3 is 2.48 bits per heavy atom. The number of rotatable bonds is 5. The summed E-state index contributed by atoms with van der Waals surface area (Å²) in [5.74, 6) is -1.42. The molecule has 0 spiro atoms. The van der Waals surface area contributed by atoms with Crippen molar-refractivity contribution in [3.8, 4) is 11.3 Å². The van der Waals surface area contributed by atoms with Gasteiger partial charge in [0.15, 0.2) is 0 Å². The van der Waals surface area contributed by atoms with Gasteiger partial charge >= 0.3 is 5.97 Å². The number of carboxylic acid groups (broad SMARTS) is 1. The van der Waals surface area contributed by atoms with Crippen LogP contribution in [0.5, 0.6) is 0 Å². The molecule has 124 valence electrons. The van der Waals surface area contributed by atoms with Gasteiger partial charge < -0.3 is 5.11 Å². The van der Waals surface area contributed by atoms with Crippen molar-refractivity contribution in [2.24, 2.45) is 5.10 Å². The second-order valence-electron chi connectivity index (χ2n) is 5.16. The van der Waals surface area contributed by atoms with Crippen molar-refractivity contribution >= 4 is 18.1 Å². The van der Waals surface area contributed by atoms with Gasteiger partial charge in [0.05, 0.1) is 17.5 Å². The van der Waals surface area contributed by atoms with Crippen LogP contribution in [0.4, 0.5) is 0 Å². The highest BCUT2D eigenvalue weighted by atomic mass is 16.4. The summed E-state index contributed by atoms with van der Waals surface area (Å²) in [6, 6.07) is 17.3. The third-order valence-electron chi connectivity index (χ3n) is 3.43. The lowest BCUT2D eigenvalue weighted by Crippen LogP contribution is -2.18. The molecule has 0 aliphatic rings. The molecule has 1 aromatic heterocycles. The Labute approximate surface area is 143 Å². The van der Waals surface area contributed by atoms with Crippen LogP contribution in [0.1, 0.15) is 26.4 Å². The third-order valence-corrected chi connectivity index (χ3v) is 3.43. The van der Waals surface area contributed by atoms with Crippen LogP contribution in [-0.2, 0) is 0 Å². The van der Waals surface area contributed by atoms with Crippen molar-refractivity contribution < 1.29 is 14.7 Å². The largest absolute Gasteiger partial charge is 0.478 e. The zero-order valence-electron chi connectivity index (χ0n) is 13.0. The number of nitrogens with one attached hydrogen (secondary N) is 2. The Hall–Kier alpha value is -3.74. The quantitative estimate of drug-likeness (QED) is 0.492. The minimum absolute atomic E-state index is 0.187. The highest BCUT2D eigenvalue weighted by Gasteiger charge is 2.10. The van der Waals surface area contributed by atoms with Crippen LogP contribution in [0.25, 0.3) is 11.3 Å². The van der Waals surface area contributed by atoms with E-state index in [1.54, 1.807) is 18.2 Å². The summed E-state index contributed by atoms with van der Waals surface area (Å²) in [6.45, 7) is 0. The highest BCUT2D eigenvalue weighted by molar-refractivity contribution is 5.94. The molecule has 2 aromatic carbocycles. The van der Waals surface area contributed by atoms with Crippen LogP contribution in [0.15, 0.2) is 65.8 Å². The first-order valence-electron chi connectivity index (χ1n) is 7.41. The van der Waals surface area contributed by atoms with Gasteiger partial charge in [-0.05, 0) is 23.8 Å². The summed E-state index contributed by atoms with van der Waals surface area (Å²) >= 11 is 0. The van der Waals surface area contributed by atoms with Crippen LogP contribution in [0, 0.1) is 0 Å². The molecule has 0 fully saturated rings. The van der Waals surface area contributed by atoms with E-state index in [-0.39, 0.29) is 11.3 Å². The van der Waals surface area contributed by atoms with E-state index >= 15 is 0 Å². The van der Waals surface area contributed by atoms with E-state index in [4.69, 9.17) is 5.11 Å². The summed E-state index contributed by atoms with van der Waals surface area (Å²) in [5.41, 5.74) is 5.10. The maximum Gasteiger partial charge on any atom is 0.335 e. The molecule has 3 N–H and O–H groups in total. The van der Waals surface area contributed by atoms with E-state index < -0.39 is 11.9 Å². The predicted molar refractivity (Wildman–Crippen MR) is 92.5 cm³/mol. The van der Waals surface area contributed by atoms with Gasteiger partial charge in [0.2, 0.25) is 0 Å². The van der Waals surface area contributed by atoms with Crippen LogP contribution < -0.4 is 5.43 Å². The number of aromatic nitrogens is 2. The zero-order valence-corrected chi connectivity index (χ0v) is 13.0. The minimum Gasteiger partial charge on any atom is -0.478 e. The Morgan fingerprint density at radius 1 is 1.08 bits per heavy atom. The average molecular weight is 334 g/mol. The lowest BCUT2D eigenvalue weighted by molar-refractivity contribution is 0.0696. The second-order valence-corrected chi connectivity index (χ2v) is 5.16. The lowest BCUT2D eigenvalue weighted by Gasteiger charge is -1.97. The molecule has 0 saturated carbocycles. The summed E-state index contributed by atoms with van der Waals surface area (Å²) in [4.78, 5) is 22.8. The van der Waals surface area contributed by atoms with Gasteiger partial charge in [0, 0.05) is 5.56 Å². The first-order valence-corrected chi connectivity index (χ1v) is 7.41. The number of H-pyrrole nitrogens is 1. The minimum atomic E-state index is -0.995. The smallest absolute Gasteiger partial charge is 0.335 e. The number of aromatic amines is 1. The number of carbonyl (C=O) groups is 2. The normalized spacial score (nSPS) is 10.7. The van der Waals surface area contributed by atoms with Crippen molar-refractivity contribution in [1.29, 1.82) is 0 Å². The number of hydrazone groups is 1. The van der Waals surface area contributed by atoms with Gasteiger partial charge in [-0.3, -0.25) is 9.89 Å². The fourth-order valence-electron chi connectivity index (χ4n) is 2.13. The first-order chi connectivity index (χ1) is 12.1. The Kier molecular flexibility index (Phi) is 4.66. The molecule has 0 aliphatic heterocycles. The Bertz CT molecular complexity index is 915. The topological polar surface area (TPSA) is 107 Å². The molecule has 0 radical (unpaired) electrons. The first kappa shape index (κ1) is 16.1. The third kappa shape index (κ3) is 3.97. The number of nitrogens with zero attached hydrogens (tertiary/aromatic N) is 2. The molecular weight excluding hydrogens is 320 g/mol. The van der Waals surface area contributed by atoms with E-state index in [0.29, 0.717) is 11.3 Å². The van der Waals surface area contributed by atoms with Gasteiger partial charge in [-0.15, -0.1) is 0 Å². The zero-order chi connectivity index (χ0) is 17.6. The summed E-state index contributed by atoms with van der Waals surface area (Å²) < 4.78 is 0. The fourth-order valence-corrected chi connectivity index (χ4v) is 2.13. The fraction of sp³-hybridized carbons (Fsp3) is 0. The van der Waals surface area contributed by atoms with E-state index in [2.05, 4.69) is 20.7 Å². The average Bonchev–Trinajstić information content (AvgIpc) is 3.13. The molecular formula is C18H14N4O3. The molecule has 0 unspecified atom stereocenters. The molecule has 1 heterocycles. The van der Waals surface area contributed by atoms with Crippen molar-refractivity contribution in [3.63, 3.8) is 0 Å². The summed E-state index contributed by atoms with van der Waals surface area (Å²) in [5, 5.41) is 19.5. The predicted octanol–water partition coefficient (Wildman–Crippen LogP) is 2.54. The standard InChI is InChI=1S/C18H14N4O3/c23-17(16-10-15(20-21-16)13-4-2-1-3-5-13)22-19-11-12-6-8-14(9-7-12)18(24)25/h1-11H,(H,20,21)(H,22,23)(H,24,25)/b19-11+. The van der Waals surface area contributed by atoms with Gasteiger partial charge in [-0.25, -0.2) is 10.2 Å². The number of benzene rings is 2. The maximum atomic E-state index is 12.0. The molecule has 0 aliphatic carbocycles. The van der Waals surface area contributed by atoms with E-state index in [1.807, 2.05) is 30.3 Å². The van der Waals surface area contributed by atoms with E-state index in [9.17, 15) is 9.59 Å². The van der Waals surface area contributed by atoms with Gasteiger partial charge in [0.25, 0.3) is 5.91 Å². The maximum absolute atomic E-state index is 12.0. The SMILES string of the molecule is O=C(O)c1ccc(/C=N/NC(=O)c2cc(-c3ccccc3)n[nH]2)cc1. The van der Waals surface area contributed by atoms with Crippen LogP contribution in [0.3, 0.4) is 0 Å². The molecule has 25 heavy (non-hydrogen) atoms. The molecule has 0 atom stereocenters. The number of carboxylic acids is 1. The molecule has 1 amide bonds. The van der Waals surface area contributed by atoms with Crippen molar-refractivity contribution in [2.45, 2.75) is 0 Å². The van der Waals surface area contributed by atoms with Gasteiger partial charge in [-0.1, -0.05) is 42.5 Å². The molecule has 3 aromatic rings. The highest BCUT2D eigenvalue weighted by Crippen LogP contribution is 2.16. The second kappa shape index (κ2) is 7.22. The molecule has 7 heteroatoms. The molecule has 7 nitrogen and oxygen atoms in total. The number of hydrogen-bond acceptors (Lipinski definition) is 4. The van der Waals surface area contributed by atoms with Gasteiger partial charge in [0.1, 0.15) is 5.69 Å². The number of aromatic carboxylic acids is 1. The van der Waals surface area contributed by atoms with Crippen LogP contribution in [0.2, 0.25) is 0 Å². The molecule has 0 bridgehead atoms. The Balaban J connectivity index is 1.63. The lowest BCUT2D eigenvalue weighted by atomic mass is 10.1. The monoisotopic (exact) mass is 334 g/mol. The van der Waals surface area contributed by atoms with Crippen molar-refractivity contribution in [3.05, 3.63) is 77.5 Å². The number of amides is 1. The van der Waals surface area contributed by atoms with Crippen LogP contribution in [-0.4, -0.2) is 33.4 Å². The van der Waals surface area contributed by atoms with Crippen molar-refractivity contribution in [2.75, 3.05) is 0 Å². The molecule has 0 saturated heterocycles. The van der Waals surface area contributed by atoms with Crippen molar-refractivity contribution in [1.82, 2.24) is 15.6 Å². The van der Waals surface area contributed by atoms with E-state index in [1.165, 1.54) is 18.3 Å². The number of carbonyl (C=O) groups excluding carboxylic acids is 1. The number of hydrogen-bond donors (Lipinski definition) is 3. The molecule has 3 rings (SSSR count). The summed E-state index contributed by atoms with van der Waals surface area (Å²) in [6.07, 6.45) is 1.43. The summed E-state index contributed by atoms with van der Waals surface area (Å²) in [7, 11) is 0. The van der Waals surface area contributed by atoms with Crippen LogP contribution >= 0.6 is 0 Å².